The van der Waals surface area contributed by atoms with Crippen molar-refractivity contribution in [3.63, 3.8) is 0 Å². The number of benzene rings is 2. The number of hydrogen-bond donors (Lipinski definition) is 0. The zero-order valence-electron chi connectivity index (χ0n) is 17.1. The number of carbonyl (C=O) groups is 4. The lowest BCUT2D eigenvalue weighted by molar-refractivity contribution is -0.148. The average Bonchev–Trinajstić information content (AvgIpc) is 2.72. The van der Waals surface area contributed by atoms with Crippen LogP contribution in [-0.2, 0) is 19.1 Å². The number of hydrogen-bond acceptors (Lipinski definition) is 7. The van der Waals surface area contributed by atoms with E-state index < -0.39 is 23.8 Å². The Hall–Kier alpha value is -3.26. The summed E-state index contributed by atoms with van der Waals surface area (Å²) in [6.07, 6.45) is 0. The van der Waals surface area contributed by atoms with Gasteiger partial charge < -0.3 is 9.47 Å². The summed E-state index contributed by atoms with van der Waals surface area (Å²) in [4.78, 5) is 52.4. The SMILES string of the molecule is CCOC(=O)CN(CCN1C(=O)c2cccc3cccc(c23)C1=O)CC(=O)OCC. The number of ether oxygens (including phenoxy) is 2. The van der Waals surface area contributed by atoms with E-state index in [2.05, 4.69) is 0 Å². The third kappa shape index (κ3) is 4.49. The minimum absolute atomic E-state index is 0.0290. The quantitative estimate of drug-likeness (QED) is 0.458. The molecule has 0 radical (unpaired) electrons. The van der Waals surface area contributed by atoms with Crippen LogP contribution in [0.5, 0.6) is 0 Å². The number of amides is 2. The number of esters is 2. The summed E-state index contributed by atoms with van der Waals surface area (Å²) in [5.74, 6) is -1.77. The Morgan fingerprint density at radius 3 is 1.83 bits per heavy atom. The molecule has 0 atom stereocenters. The first-order valence-electron chi connectivity index (χ1n) is 9.87. The molecule has 0 saturated carbocycles. The molecule has 30 heavy (non-hydrogen) atoms. The van der Waals surface area contributed by atoms with Gasteiger partial charge in [0, 0.05) is 29.6 Å². The van der Waals surface area contributed by atoms with Crippen LogP contribution in [0.25, 0.3) is 10.8 Å². The van der Waals surface area contributed by atoms with E-state index in [9.17, 15) is 19.2 Å². The Morgan fingerprint density at radius 1 is 0.867 bits per heavy atom. The molecule has 8 heteroatoms. The Morgan fingerprint density at radius 2 is 1.37 bits per heavy atom. The molecule has 158 valence electrons. The van der Waals surface area contributed by atoms with E-state index in [1.54, 1.807) is 38.1 Å². The van der Waals surface area contributed by atoms with Crippen molar-refractivity contribution in [3.05, 3.63) is 47.5 Å². The van der Waals surface area contributed by atoms with E-state index in [0.717, 1.165) is 10.3 Å². The predicted molar refractivity (Wildman–Crippen MR) is 109 cm³/mol. The molecule has 1 aliphatic heterocycles. The summed E-state index contributed by atoms with van der Waals surface area (Å²) >= 11 is 0. The van der Waals surface area contributed by atoms with Crippen molar-refractivity contribution in [2.75, 3.05) is 39.4 Å². The Balaban J connectivity index is 1.78. The molecule has 1 heterocycles. The molecule has 0 aromatic heterocycles. The maximum Gasteiger partial charge on any atom is 0.320 e. The highest BCUT2D eigenvalue weighted by Gasteiger charge is 2.33. The second-order valence-electron chi connectivity index (χ2n) is 6.79. The first kappa shape index (κ1) is 21.4. The fourth-order valence-electron chi connectivity index (χ4n) is 3.52. The zero-order chi connectivity index (χ0) is 21.7. The van der Waals surface area contributed by atoms with E-state index in [0.29, 0.717) is 16.5 Å². The van der Waals surface area contributed by atoms with Gasteiger partial charge in [0.15, 0.2) is 0 Å². The van der Waals surface area contributed by atoms with Crippen molar-refractivity contribution < 1.29 is 28.7 Å². The Bertz CT molecular complexity index is 916. The molecule has 8 nitrogen and oxygen atoms in total. The molecular weight excluding hydrogens is 388 g/mol. The van der Waals surface area contributed by atoms with Gasteiger partial charge in [-0.15, -0.1) is 0 Å². The highest BCUT2D eigenvalue weighted by molar-refractivity contribution is 6.25. The largest absolute Gasteiger partial charge is 0.465 e. The van der Waals surface area contributed by atoms with Gasteiger partial charge >= 0.3 is 11.9 Å². The van der Waals surface area contributed by atoms with Crippen molar-refractivity contribution in [3.8, 4) is 0 Å². The summed E-state index contributed by atoms with van der Waals surface area (Å²) < 4.78 is 9.91. The van der Waals surface area contributed by atoms with Crippen LogP contribution in [-0.4, -0.2) is 72.9 Å². The lowest BCUT2D eigenvalue weighted by Crippen LogP contribution is -2.46. The smallest absolute Gasteiger partial charge is 0.320 e. The number of nitrogens with zero attached hydrogens (tertiary/aromatic N) is 2. The molecule has 0 bridgehead atoms. The summed E-state index contributed by atoms with van der Waals surface area (Å²) in [6, 6.07) is 10.7. The van der Waals surface area contributed by atoms with Crippen LogP contribution in [0, 0.1) is 0 Å². The lowest BCUT2D eigenvalue weighted by atomic mass is 9.94. The predicted octanol–water partition coefficient (Wildman–Crippen LogP) is 1.86. The molecule has 1 aliphatic rings. The Labute approximate surface area is 174 Å². The molecule has 0 unspecified atom stereocenters. The molecular formula is C22H24N2O6. The zero-order valence-corrected chi connectivity index (χ0v) is 17.1. The normalized spacial score (nSPS) is 13.1. The molecule has 0 aliphatic carbocycles. The molecule has 2 amide bonds. The fraction of sp³-hybridized carbons (Fsp3) is 0.364. The highest BCUT2D eigenvalue weighted by Crippen LogP contribution is 2.29. The van der Waals surface area contributed by atoms with Gasteiger partial charge in [0.05, 0.1) is 26.3 Å². The first-order valence-corrected chi connectivity index (χ1v) is 9.87. The van der Waals surface area contributed by atoms with Gasteiger partial charge in [-0.1, -0.05) is 24.3 Å². The summed E-state index contributed by atoms with van der Waals surface area (Å²) in [7, 11) is 0. The molecule has 0 N–H and O–H groups in total. The van der Waals surface area contributed by atoms with Crippen LogP contribution in [0.2, 0.25) is 0 Å². The third-order valence-electron chi connectivity index (χ3n) is 4.81. The van der Waals surface area contributed by atoms with E-state index in [4.69, 9.17) is 9.47 Å². The third-order valence-corrected chi connectivity index (χ3v) is 4.81. The van der Waals surface area contributed by atoms with Crippen LogP contribution < -0.4 is 0 Å². The van der Waals surface area contributed by atoms with E-state index >= 15 is 0 Å². The van der Waals surface area contributed by atoms with Gasteiger partial charge in [-0.2, -0.15) is 0 Å². The van der Waals surface area contributed by atoms with Crippen LogP contribution in [0.15, 0.2) is 36.4 Å². The molecule has 0 fully saturated rings. The standard InChI is InChI=1S/C22H24N2O6/c1-3-29-18(25)13-23(14-19(26)30-4-2)11-12-24-21(27)16-9-5-7-15-8-6-10-17(20(15)16)22(24)28/h5-10H,3-4,11-14H2,1-2H3. The summed E-state index contributed by atoms with van der Waals surface area (Å²) in [5.41, 5.74) is 0.926. The van der Waals surface area contributed by atoms with Gasteiger partial charge in [0.25, 0.3) is 11.8 Å². The van der Waals surface area contributed by atoms with Gasteiger partial charge in [0.1, 0.15) is 0 Å². The molecule has 2 aromatic carbocycles. The molecule has 0 saturated heterocycles. The lowest BCUT2D eigenvalue weighted by Gasteiger charge is -2.29. The highest BCUT2D eigenvalue weighted by atomic mass is 16.5. The van der Waals surface area contributed by atoms with Gasteiger partial charge in [-0.25, -0.2) is 0 Å². The second kappa shape index (κ2) is 9.49. The molecule has 0 spiro atoms. The van der Waals surface area contributed by atoms with Crippen LogP contribution in [0.1, 0.15) is 34.6 Å². The first-order chi connectivity index (χ1) is 14.5. The van der Waals surface area contributed by atoms with Crippen molar-refractivity contribution in [2.24, 2.45) is 0 Å². The minimum Gasteiger partial charge on any atom is -0.465 e. The maximum absolute atomic E-state index is 13.0. The van der Waals surface area contributed by atoms with E-state index in [-0.39, 0.29) is 39.4 Å². The van der Waals surface area contributed by atoms with Gasteiger partial charge in [0.2, 0.25) is 0 Å². The number of carbonyl (C=O) groups excluding carboxylic acids is 4. The van der Waals surface area contributed by atoms with Crippen LogP contribution in [0.4, 0.5) is 0 Å². The van der Waals surface area contributed by atoms with E-state index in [1.807, 2.05) is 12.1 Å². The van der Waals surface area contributed by atoms with Crippen LogP contribution >= 0.6 is 0 Å². The van der Waals surface area contributed by atoms with Crippen molar-refractivity contribution >= 4 is 34.5 Å². The van der Waals surface area contributed by atoms with Crippen molar-refractivity contribution in [1.82, 2.24) is 9.80 Å². The summed E-state index contributed by atoms with van der Waals surface area (Å²) in [5, 5.41) is 1.48. The minimum atomic E-state index is -0.492. The van der Waals surface area contributed by atoms with Crippen LogP contribution in [0.3, 0.4) is 0 Å². The Kier molecular flexibility index (Phi) is 6.79. The molecule has 2 aromatic rings. The van der Waals surface area contributed by atoms with Crippen molar-refractivity contribution in [2.45, 2.75) is 13.8 Å². The molecule has 3 rings (SSSR count). The fourth-order valence-corrected chi connectivity index (χ4v) is 3.52. The topological polar surface area (TPSA) is 93.2 Å². The number of imide groups is 1. The van der Waals surface area contributed by atoms with Gasteiger partial charge in [-0.05, 0) is 31.4 Å². The van der Waals surface area contributed by atoms with E-state index in [1.165, 1.54) is 4.90 Å². The average molecular weight is 412 g/mol. The van der Waals surface area contributed by atoms with Crippen molar-refractivity contribution in [1.29, 1.82) is 0 Å². The number of rotatable bonds is 9. The summed E-state index contributed by atoms with van der Waals surface area (Å²) in [6.45, 7) is 3.69. The monoisotopic (exact) mass is 412 g/mol. The second-order valence-corrected chi connectivity index (χ2v) is 6.79. The van der Waals surface area contributed by atoms with Gasteiger partial charge in [-0.3, -0.25) is 29.0 Å². The maximum atomic E-state index is 13.0.